The van der Waals surface area contributed by atoms with Crippen LogP contribution in [-0.4, -0.2) is 36.3 Å². The molecule has 0 radical (unpaired) electrons. The number of rotatable bonds is 9. The molecule has 0 unspecified atom stereocenters. The summed E-state index contributed by atoms with van der Waals surface area (Å²) in [6, 6.07) is 6.44. The van der Waals surface area contributed by atoms with E-state index in [1.54, 1.807) is 26.0 Å². The number of fused-ring (bicyclic) bond motifs is 1. The Balaban J connectivity index is 1.90. The Hall–Kier alpha value is -3.04. The zero-order chi connectivity index (χ0) is 27.4. The van der Waals surface area contributed by atoms with Gasteiger partial charge in [-0.1, -0.05) is 32.3 Å². The number of hydrogen-bond donors (Lipinski definition) is 1. The fourth-order valence-electron chi connectivity index (χ4n) is 4.88. The van der Waals surface area contributed by atoms with Crippen LogP contribution in [0.3, 0.4) is 0 Å². The molecule has 1 saturated heterocycles. The van der Waals surface area contributed by atoms with E-state index in [0.29, 0.717) is 38.3 Å². The van der Waals surface area contributed by atoms with Crippen LogP contribution < -0.4 is 10.2 Å². The van der Waals surface area contributed by atoms with Crippen molar-refractivity contribution in [2.45, 2.75) is 65.6 Å². The Morgan fingerprint density at radius 2 is 1.71 bits per heavy atom. The molecule has 4 rings (SSSR count). The molecule has 9 heteroatoms. The van der Waals surface area contributed by atoms with Crippen LogP contribution in [0.1, 0.15) is 60.6 Å². The smallest absolute Gasteiger partial charge is 0.453 e. The number of phenols is 1. The van der Waals surface area contributed by atoms with Gasteiger partial charge >= 0.3 is 6.18 Å². The number of nitrogens with zero attached hydrogens (tertiary/aromatic N) is 1. The molecule has 206 valence electrons. The molecular formula is C29H34F3NO5. The number of aryl methyl sites for hydroxylation is 3. The first-order valence-corrected chi connectivity index (χ1v) is 13.1. The van der Waals surface area contributed by atoms with Crippen LogP contribution in [0.2, 0.25) is 0 Å². The van der Waals surface area contributed by atoms with Crippen molar-refractivity contribution in [3.05, 3.63) is 62.5 Å². The van der Waals surface area contributed by atoms with Crippen LogP contribution in [0.15, 0.2) is 33.5 Å². The van der Waals surface area contributed by atoms with Crippen LogP contribution in [0.25, 0.3) is 11.0 Å². The summed E-state index contributed by atoms with van der Waals surface area (Å²) in [5.74, 6) is -2.44. The molecule has 0 bridgehead atoms. The van der Waals surface area contributed by atoms with Gasteiger partial charge in [0.15, 0.2) is 0 Å². The number of aromatic hydroxyl groups is 1. The molecule has 0 aliphatic carbocycles. The maximum atomic E-state index is 14.2. The van der Waals surface area contributed by atoms with Crippen LogP contribution in [0.5, 0.6) is 17.2 Å². The first-order valence-electron chi connectivity index (χ1n) is 13.1. The topological polar surface area (TPSA) is 72.1 Å². The molecule has 0 atom stereocenters. The lowest BCUT2D eigenvalue weighted by Gasteiger charge is -2.27. The van der Waals surface area contributed by atoms with Crippen molar-refractivity contribution in [1.82, 2.24) is 4.90 Å². The maximum Gasteiger partial charge on any atom is 0.453 e. The van der Waals surface area contributed by atoms with E-state index in [1.165, 1.54) is 6.07 Å². The first kappa shape index (κ1) is 28.0. The Kier molecular flexibility index (Phi) is 8.67. The lowest BCUT2D eigenvalue weighted by Crippen LogP contribution is -2.35. The van der Waals surface area contributed by atoms with Gasteiger partial charge in [0, 0.05) is 19.6 Å². The van der Waals surface area contributed by atoms with E-state index in [1.807, 2.05) is 11.0 Å². The van der Waals surface area contributed by atoms with Crippen molar-refractivity contribution in [2.24, 2.45) is 0 Å². The summed E-state index contributed by atoms with van der Waals surface area (Å²) >= 11 is 0. The highest BCUT2D eigenvalue weighted by Crippen LogP contribution is 2.41. The minimum atomic E-state index is -4.99. The maximum absolute atomic E-state index is 14.2. The van der Waals surface area contributed by atoms with Gasteiger partial charge in [0.2, 0.25) is 11.2 Å². The average molecular weight is 534 g/mol. The third kappa shape index (κ3) is 6.32. The summed E-state index contributed by atoms with van der Waals surface area (Å²) < 4.78 is 59.1. The standard InChI is InChI=1S/C29H34F3NO5/c1-4-5-6-7-8-20-16-22-25(35)27(37-21-14-18(2)13-19(3)15-21)28(29(30,31)32)38-26(22)23(24(20)34)17-33-9-11-36-12-10-33/h13-16,34H,4-12,17H2,1-3H3. The van der Waals surface area contributed by atoms with Crippen molar-refractivity contribution < 1.29 is 32.2 Å². The number of hydrogen-bond acceptors (Lipinski definition) is 6. The van der Waals surface area contributed by atoms with Crippen molar-refractivity contribution in [3.63, 3.8) is 0 Å². The summed E-state index contributed by atoms with van der Waals surface area (Å²) in [5.41, 5.74) is 1.07. The molecular weight excluding hydrogens is 499 g/mol. The van der Waals surface area contributed by atoms with Gasteiger partial charge < -0.3 is 19.0 Å². The number of halogens is 3. The molecule has 1 N–H and O–H groups in total. The number of ether oxygens (including phenoxy) is 2. The Bertz CT molecular complexity index is 1320. The highest BCUT2D eigenvalue weighted by atomic mass is 19.4. The lowest BCUT2D eigenvalue weighted by molar-refractivity contribution is -0.154. The molecule has 2 aromatic carbocycles. The SMILES string of the molecule is CCCCCCc1cc2c(=O)c(Oc3cc(C)cc(C)c3)c(C(F)(F)F)oc2c(CN2CCOCC2)c1O. The Labute approximate surface area is 220 Å². The molecule has 0 amide bonds. The first-order chi connectivity index (χ1) is 18.1. The van der Waals surface area contributed by atoms with Gasteiger partial charge in [-0.25, -0.2) is 0 Å². The predicted octanol–water partition coefficient (Wildman–Crippen LogP) is 6.88. The van der Waals surface area contributed by atoms with E-state index in [0.717, 1.165) is 36.8 Å². The van der Waals surface area contributed by atoms with Gasteiger partial charge in [-0.05, 0) is 61.6 Å². The zero-order valence-electron chi connectivity index (χ0n) is 22.0. The summed E-state index contributed by atoms with van der Waals surface area (Å²) in [5, 5.41) is 11.2. The highest BCUT2D eigenvalue weighted by molar-refractivity contribution is 5.85. The van der Waals surface area contributed by atoms with Gasteiger partial charge in [-0.2, -0.15) is 13.2 Å². The molecule has 1 aliphatic heterocycles. The summed E-state index contributed by atoms with van der Waals surface area (Å²) in [4.78, 5) is 15.6. The van der Waals surface area contributed by atoms with Crippen LogP contribution in [0.4, 0.5) is 13.2 Å². The molecule has 1 aromatic heterocycles. The largest absolute Gasteiger partial charge is 0.507 e. The summed E-state index contributed by atoms with van der Waals surface area (Å²) in [6.07, 6.45) is -0.718. The number of morpholine rings is 1. The lowest BCUT2D eigenvalue weighted by atomic mass is 9.98. The van der Waals surface area contributed by atoms with Crippen LogP contribution in [-0.2, 0) is 23.9 Å². The van der Waals surface area contributed by atoms with E-state index in [9.17, 15) is 23.1 Å². The van der Waals surface area contributed by atoms with E-state index in [2.05, 4.69) is 6.92 Å². The minimum absolute atomic E-state index is 0.0380. The molecule has 3 aromatic rings. The predicted molar refractivity (Wildman–Crippen MR) is 139 cm³/mol. The van der Waals surface area contributed by atoms with Gasteiger partial charge in [-0.3, -0.25) is 9.69 Å². The minimum Gasteiger partial charge on any atom is -0.507 e. The molecule has 6 nitrogen and oxygen atoms in total. The third-order valence-electron chi connectivity index (χ3n) is 6.75. The summed E-state index contributed by atoms with van der Waals surface area (Å²) in [7, 11) is 0. The second kappa shape index (κ2) is 11.8. The van der Waals surface area contributed by atoms with Crippen molar-refractivity contribution >= 4 is 11.0 Å². The molecule has 1 fully saturated rings. The monoisotopic (exact) mass is 533 g/mol. The van der Waals surface area contributed by atoms with E-state index in [4.69, 9.17) is 13.9 Å². The van der Waals surface area contributed by atoms with E-state index >= 15 is 0 Å². The number of phenolic OH excluding ortho intramolecular Hbond substituents is 1. The number of unbranched alkanes of at least 4 members (excludes halogenated alkanes) is 3. The fraction of sp³-hybridized carbons (Fsp3) is 0.483. The van der Waals surface area contributed by atoms with Crippen molar-refractivity contribution in [3.8, 4) is 17.2 Å². The molecule has 38 heavy (non-hydrogen) atoms. The number of alkyl halides is 3. The van der Waals surface area contributed by atoms with Crippen molar-refractivity contribution in [1.29, 1.82) is 0 Å². The summed E-state index contributed by atoms with van der Waals surface area (Å²) in [6.45, 7) is 7.85. The second-order valence-corrected chi connectivity index (χ2v) is 9.95. The van der Waals surface area contributed by atoms with Gasteiger partial charge in [-0.15, -0.1) is 0 Å². The normalized spacial score (nSPS) is 14.8. The van der Waals surface area contributed by atoms with Crippen LogP contribution in [0, 0.1) is 13.8 Å². The van der Waals surface area contributed by atoms with Gasteiger partial charge in [0.25, 0.3) is 5.76 Å². The molecule has 1 aliphatic rings. The van der Waals surface area contributed by atoms with Crippen LogP contribution >= 0.6 is 0 Å². The molecule has 0 saturated carbocycles. The second-order valence-electron chi connectivity index (χ2n) is 9.95. The van der Waals surface area contributed by atoms with Gasteiger partial charge in [0.05, 0.1) is 24.2 Å². The average Bonchev–Trinajstić information content (AvgIpc) is 2.85. The van der Waals surface area contributed by atoms with E-state index in [-0.39, 0.29) is 34.6 Å². The highest BCUT2D eigenvalue weighted by Gasteiger charge is 2.41. The quantitative estimate of drug-likeness (QED) is 0.302. The Morgan fingerprint density at radius 3 is 2.34 bits per heavy atom. The third-order valence-corrected chi connectivity index (χ3v) is 6.75. The van der Waals surface area contributed by atoms with E-state index < -0.39 is 23.1 Å². The molecule has 0 spiro atoms. The Morgan fingerprint density at radius 1 is 1.03 bits per heavy atom. The molecule has 2 heterocycles. The van der Waals surface area contributed by atoms with Crippen molar-refractivity contribution in [2.75, 3.05) is 26.3 Å². The fourth-order valence-corrected chi connectivity index (χ4v) is 4.88. The zero-order valence-corrected chi connectivity index (χ0v) is 22.0. The van der Waals surface area contributed by atoms with Gasteiger partial charge in [0.1, 0.15) is 17.1 Å². The number of benzene rings is 2.